The lowest BCUT2D eigenvalue weighted by Crippen LogP contribution is -2.21. The Morgan fingerprint density at radius 2 is 2.25 bits per heavy atom. The minimum atomic E-state index is 0.174. The van der Waals surface area contributed by atoms with Crippen LogP contribution in [0.3, 0.4) is 0 Å². The smallest absolute Gasteiger partial charge is 0.141 e. The predicted octanol–water partition coefficient (Wildman–Crippen LogP) is 1.89. The molecular formula is C15H22N4O. The summed E-state index contributed by atoms with van der Waals surface area (Å²) in [6.07, 6.45) is 5.36. The van der Waals surface area contributed by atoms with Crippen LogP contribution in [-0.2, 0) is 19.9 Å². The summed E-state index contributed by atoms with van der Waals surface area (Å²) >= 11 is 0. The molecule has 0 aromatic carbocycles. The van der Waals surface area contributed by atoms with Gasteiger partial charge in [-0.15, -0.1) is 0 Å². The zero-order valence-electron chi connectivity index (χ0n) is 12.6. The van der Waals surface area contributed by atoms with Crippen molar-refractivity contribution in [3.63, 3.8) is 0 Å². The van der Waals surface area contributed by atoms with Gasteiger partial charge in [0.15, 0.2) is 0 Å². The van der Waals surface area contributed by atoms with E-state index in [-0.39, 0.29) is 6.04 Å². The Labute approximate surface area is 120 Å². The lowest BCUT2D eigenvalue weighted by molar-refractivity contribution is 0.398. The first kappa shape index (κ1) is 14.5. The van der Waals surface area contributed by atoms with E-state index in [0.29, 0.717) is 0 Å². The van der Waals surface area contributed by atoms with Gasteiger partial charge in [-0.3, -0.25) is 9.67 Å². The molecule has 2 aromatic rings. The maximum atomic E-state index is 5.40. The molecule has 0 aliphatic rings. The molecule has 2 heterocycles. The summed E-state index contributed by atoms with van der Waals surface area (Å²) in [5, 5.41) is 7.85. The second-order valence-corrected chi connectivity index (χ2v) is 4.77. The van der Waals surface area contributed by atoms with E-state index in [2.05, 4.69) is 28.4 Å². The van der Waals surface area contributed by atoms with Crippen LogP contribution in [-0.4, -0.2) is 28.9 Å². The van der Waals surface area contributed by atoms with Crippen LogP contribution in [0.25, 0.3) is 0 Å². The number of hydrogen-bond donors (Lipinski definition) is 1. The highest BCUT2D eigenvalue weighted by atomic mass is 16.5. The number of nitrogens with one attached hydrogen (secondary N) is 1. The highest BCUT2D eigenvalue weighted by Gasteiger charge is 2.17. The first-order chi connectivity index (χ1) is 9.69. The van der Waals surface area contributed by atoms with Gasteiger partial charge < -0.3 is 10.1 Å². The maximum absolute atomic E-state index is 5.40. The van der Waals surface area contributed by atoms with Crippen molar-refractivity contribution in [3.8, 4) is 5.75 Å². The fraction of sp³-hybridized carbons (Fsp3) is 0.467. The van der Waals surface area contributed by atoms with E-state index in [1.54, 1.807) is 19.5 Å². The molecule has 1 atom stereocenters. The van der Waals surface area contributed by atoms with Gasteiger partial charge in [0.05, 0.1) is 19.0 Å². The molecule has 1 unspecified atom stereocenters. The molecule has 20 heavy (non-hydrogen) atoms. The van der Waals surface area contributed by atoms with Gasteiger partial charge in [-0.1, -0.05) is 6.92 Å². The van der Waals surface area contributed by atoms with Crippen LogP contribution in [0, 0.1) is 0 Å². The summed E-state index contributed by atoms with van der Waals surface area (Å²) in [6.45, 7) is 2.12. The Morgan fingerprint density at radius 3 is 2.85 bits per heavy atom. The number of aryl methyl sites for hydroxylation is 2. The number of hydrogen-bond acceptors (Lipinski definition) is 4. The normalized spacial score (nSPS) is 12.4. The third-order valence-electron chi connectivity index (χ3n) is 3.56. The van der Waals surface area contributed by atoms with E-state index in [9.17, 15) is 0 Å². The number of rotatable bonds is 6. The zero-order chi connectivity index (χ0) is 14.5. The minimum absolute atomic E-state index is 0.174. The quantitative estimate of drug-likeness (QED) is 0.874. The average molecular weight is 274 g/mol. The van der Waals surface area contributed by atoms with Gasteiger partial charge in [0.1, 0.15) is 5.75 Å². The largest absolute Gasteiger partial charge is 0.495 e. The molecule has 0 aliphatic carbocycles. The number of pyridine rings is 1. The van der Waals surface area contributed by atoms with Crippen LogP contribution in [0.1, 0.15) is 29.9 Å². The lowest BCUT2D eigenvalue weighted by atomic mass is 10.0. The van der Waals surface area contributed by atoms with Crippen molar-refractivity contribution in [2.75, 3.05) is 14.2 Å². The van der Waals surface area contributed by atoms with Gasteiger partial charge >= 0.3 is 0 Å². The lowest BCUT2D eigenvalue weighted by Gasteiger charge is -2.19. The van der Waals surface area contributed by atoms with Crippen LogP contribution in [0.15, 0.2) is 24.5 Å². The number of methoxy groups -OCH3 is 1. The molecule has 2 rings (SSSR count). The van der Waals surface area contributed by atoms with E-state index in [0.717, 1.165) is 29.8 Å². The van der Waals surface area contributed by atoms with Gasteiger partial charge in [0.2, 0.25) is 0 Å². The molecule has 108 valence electrons. The summed E-state index contributed by atoms with van der Waals surface area (Å²) in [4.78, 5) is 4.10. The standard InChI is InChI=1S/C15H22N4O/c1-5-11-8-12(19(3)18-11)9-14(16-2)13-6-7-17-10-15(13)20-4/h6-8,10,14,16H,5,9H2,1-4H3. The SMILES string of the molecule is CCc1cc(CC(NC)c2ccncc2OC)n(C)n1. The van der Waals surface area contributed by atoms with Crippen LogP contribution >= 0.6 is 0 Å². The topological polar surface area (TPSA) is 52.0 Å². The molecule has 0 spiro atoms. The van der Waals surface area contributed by atoms with E-state index in [1.165, 1.54) is 5.69 Å². The number of aromatic nitrogens is 3. The highest BCUT2D eigenvalue weighted by molar-refractivity contribution is 5.33. The Morgan fingerprint density at radius 1 is 1.45 bits per heavy atom. The predicted molar refractivity (Wildman–Crippen MR) is 78.9 cm³/mol. The van der Waals surface area contributed by atoms with E-state index in [1.807, 2.05) is 24.8 Å². The number of ether oxygens (including phenoxy) is 1. The molecular weight excluding hydrogens is 252 g/mol. The molecule has 0 amide bonds. The summed E-state index contributed by atoms with van der Waals surface area (Å²) in [6, 6.07) is 4.34. The van der Waals surface area contributed by atoms with Crippen molar-refractivity contribution in [1.29, 1.82) is 0 Å². The molecule has 1 N–H and O–H groups in total. The summed E-state index contributed by atoms with van der Waals surface area (Å²) in [5.74, 6) is 0.810. The Hall–Kier alpha value is -1.88. The van der Waals surface area contributed by atoms with Crippen molar-refractivity contribution in [2.45, 2.75) is 25.8 Å². The zero-order valence-corrected chi connectivity index (χ0v) is 12.6. The third-order valence-corrected chi connectivity index (χ3v) is 3.56. The Balaban J connectivity index is 2.26. The van der Waals surface area contributed by atoms with Crippen LogP contribution in [0.4, 0.5) is 0 Å². The van der Waals surface area contributed by atoms with E-state index in [4.69, 9.17) is 4.74 Å². The average Bonchev–Trinajstić information content (AvgIpc) is 2.85. The summed E-state index contributed by atoms with van der Waals surface area (Å²) in [5.41, 5.74) is 3.45. The molecule has 5 nitrogen and oxygen atoms in total. The molecule has 5 heteroatoms. The van der Waals surface area contributed by atoms with Crippen LogP contribution in [0.5, 0.6) is 5.75 Å². The molecule has 0 radical (unpaired) electrons. The fourth-order valence-electron chi connectivity index (χ4n) is 2.36. The Kier molecular flexibility index (Phi) is 4.74. The van der Waals surface area contributed by atoms with Gasteiger partial charge in [0.25, 0.3) is 0 Å². The maximum Gasteiger partial charge on any atom is 0.141 e. The van der Waals surface area contributed by atoms with Crippen molar-refractivity contribution in [3.05, 3.63) is 41.5 Å². The second kappa shape index (κ2) is 6.52. The Bertz CT molecular complexity index is 565. The fourth-order valence-corrected chi connectivity index (χ4v) is 2.36. The molecule has 0 aliphatic heterocycles. The highest BCUT2D eigenvalue weighted by Crippen LogP contribution is 2.26. The van der Waals surface area contributed by atoms with E-state index < -0.39 is 0 Å². The number of likely N-dealkylation sites (N-methyl/N-ethyl adjacent to an activating group) is 1. The molecule has 2 aromatic heterocycles. The monoisotopic (exact) mass is 274 g/mol. The summed E-state index contributed by atoms with van der Waals surface area (Å²) in [7, 11) is 5.62. The second-order valence-electron chi connectivity index (χ2n) is 4.77. The van der Waals surface area contributed by atoms with Gasteiger partial charge in [-0.25, -0.2) is 0 Å². The van der Waals surface area contributed by atoms with E-state index >= 15 is 0 Å². The van der Waals surface area contributed by atoms with Crippen molar-refractivity contribution in [1.82, 2.24) is 20.1 Å². The molecule has 0 bridgehead atoms. The van der Waals surface area contributed by atoms with Gasteiger partial charge in [-0.2, -0.15) is 5.10 Å². The first-order valence-corrected chi connectivity index (χ1v) is 6.86. The van der Waals surface area contributed by atoms with Crippen molar-refractivity contribution < 1.29 is 4.74 Å². The van der Waals surface area contributed by atoms with Gasteiger partial charge in [0, 0.05) is 37.0 Å². The van der Waals surface area contributed by atoms with Gasteiger partial charge in [-0.05, 0) is 25.6 Å². The number of nitrogens with zero attached hydrogens (tertiary/aromatic N) is 3. The minimum Gasteiger partial charge on any atom is -0.495 e. The third kappa shape index (κ3) is 2.99. The van der Waals surface area contributed by atoms with Crippen molar-refractivity contribution in [2.24, 2.45) is 7.05 Å². The van der Waals surface area contributed by atoms with Crippen LogP contribution < -0.4 is 10.1 Å². The van der Waals surface area contributed by atoms with Crippen molar-refractivity contribution >= 4 is 0 Å². The first-order valence-electron chi connectivity index (χ1n) is 6.86. The molecule has 0 saturated carbocycles. The molecule has 0 fully saturated rings. The summed E-state index contributed by atoms with van der Waals surface area (Å²) < 4.78 is 7.35. The van der Waals surface area contributed by atoms with Crippen LogP contribution in [0.2, 0.25) is 0 Å². The molecule has 0 saturated heterocycles.